The highest BCUT2D eigenvalue weighted by Gasteiger charge is 1.94. The second-order valence-electron chi connectivity index (χ2n) is 6.57. The second-order valence-corrected chi connectivity index (χ2v) is 6.57. The van der Waals surface area contributed by atoms with Crippen molar-refractivity contribution < 1.29 is 5.11 Å². The maximum absolute atomic E-state index is 8.66. The van der Waals surface area contributed by atoms with E-state index in [0.717, 1.165) is 26.1 Å². The van der Waals surface area contributed by atoms with Crippen LogP contribution >= 0.6 is 0 Å². The number of hydrogen-bond donors (Lipinski definition) is 3. The van der Waals surface area contributed by atoms with E-state index in [9.17, 15) is 0 Å². The van der Waals surface area contributed by atoms with Crippen LogP contribution in [-0.4, -0.2) is 31.3 Å². The zero-order chi connectivity index (χ0) is 16.1. The number of aliphatic hydroxyl groups excluding tert-OH is 1. The lowest BCUT2D eigenvalue weighted by Gasteiger charge is -2.04. The molecule has 0 aliphatic carbocycles. The Morgan fingerprint density at radius 2 is 0.864 bits per heavy atom. The molecule has 0 amide bonds. The molecule has 0 aromatic carbocycles. The number of unbranched alkanes of at least 4 members (excludes halogenated alkanes) is 13. The third-order valence-corrected chi connectivity index (χ3v) is 4.32. The summed E-state index contributed by atoms with van der Waals surface area (Å²) >= 11 is 0. The van der Waals surface area contributed by atoms with E-state index >= 15 is 0 Å². The Labute approximate surface area is 139 Å². The van der Waals surface area contributed by atoms with E-state index in [-0.39, 0.29) is 0 Å². The Hall–Kier alpha value is -0.120. The van der Waals surface area contributed by atoms with E-state index in [0.29, 0.717) is 6.61 Å². The smallest absolute Gasteiger partial charge is 0.0443 e. The van der Waals surface area contributed by atoms with Gasteiger partial charge in [0, 0.05) is 6.61 Å². The van der Waals surface area contributed by atoms with Gasteiger partial charge in [-0.25, -0.2) is 0 Å². The van der Waals surface area contributed by atoms with Gasteiger partial charge in [0.05, 0.1) is 0 Å². The molecular weight excluding hydrogens is 272 g/mol. The zero-order valence-electron chi connectivity index (χ0n) is 15.0. The molecule has 0 aromatic rings. The molecule has 0 bridgehead atoms. The first kappa shape index (κ1) is 21.9. The minimum absolute atomic E-state index is 0.307. The summed E-state index contributed by atoms with van der Waals surface area (Å²) in [7, 11) is 0. The van der Waals surface area contributed by atoms with Crippen molar-refractivity contribution in [1.29, 1.82) is 0 Å². The maximum atomic E-state index is 8.66. The van der Waals surface area contributed by atoms with Gasteiger partial charge in [0.15, 0.2) is 0 Å². The third-order valence-electron chi connectivity index (χ3n) is 4.32. The van der Waals surface area contributed by atoms with E-state index in [1.54, 1.807) is 0 Å². The van der Waals surface area contributed by atoms with Gasteiger partial charge in [-0.2, -0.15) is 0 Å². The summed E-state index contributed by atoms with van der Waals surface area (Å²) < 4.78 is 0. The highest BCUT2D eigenvalue weighted by atomic mass is 16.3. The van der Waals surface area contributed by atoms with Crippen molar-refractivity contribution in [2.24, 2.45) is 5.73 Å². The number of aliphatic hydroxyl groups is 1. The topological polar surface area (TPSA) is 58.3 Å². The first-order valence-electron chi connectivity index (χ1n) is 9.93. The Morgan fingerprint density at radius 3 is 1.27 bits per heavy atom. The van der Waals surface area contributed by atoms with Crippen LogP contribution in [-0.2, 0) is 0 Å². The first-order chi connectivity index (χ1) is 10.9. The Morgan fingerprint density at radius 1 is 0.500 bits per heavy atom. The lowest BCUT2D eigenvalue weighted by atomic mass is 10.0. The molecule has 22 heavy (non-hydrogen) atoms. The molecule has 0 rings (SSSR count). The van der Waals surface area contributed by atoms with Crippen LogP contribution in [0.25, 0.3) is 0 Å². The van der Waals surface area contributed by atoms with Gasteiger partial charge < -0.3 is 16.2 Å². The van der Waals surface area contributed by atoms with Crippen molar-refractivity contribution in [1.82, 2.24) is 5.32 Å². The summed E-state index contributed by atoms with van der Waals surface area (Å²) in [4.78, 5) is 0. The van der Waals surface area contributed by atoms with Gasteiger partial charge in [-0.15, -0.1) is 0 Å². The monoisotopic (exact) mass is 314 g/mol. The molecule has 0 saturated carbocycles. The van der Waals surface area contributed by atoms with E-state index < -0.39 is 0 Å². The van der Waals surface area contributed by atoms with Gasteiger partial charge in [-0.1, -0.05) is 77.0 Å². The van der Waals surface area contributed by atoms with Crippen molar-refractivity contribution in [2.75, 3.05) is 26.2 Å². The quantitative estimate of drug-likeness (QED) is 0.310. The average Bonchev–Trinajstić information content (AvgIpc) is 2.54. The minimum atomic E-state index is 0.307. The predicted molar refractivity (Wildman–Crippen MR) is 98.3 cm³/mol. The summed E-state index contributed by atoms with van der Waals surface area (Å²) in [6.45, 7) is 3.25. The molecular formula is C19H42N2O. The molecule has 4 N–H and O–H groups in total. The van der Waals surface area contributed by atoms with E-state index in [1.807, 2.05) is 0 Å². The van der Waals surface area contributed by atoms with Crippen molar-refractivity contribution in [3.8, 4) is 0 Å². The highest BCUT2D eigenvalue weighted by Crippen LogP contribution is 2.12. The molecule has 134 valence electrons. The standard InChI is InChI=1S/C19H42N2O/c20-16-13-11-9-7-5-3-1-2-4-6-8-10-12-14-17-21-18-15-19-22/h21-22H,1-20H2. The summed E-state index contributed by atoms with van der Waals surface area (Å²) in [5, 5.41) is 12.0. The van der Waals surface area contributed by atoms with Gasteiger partial charge >= 0.3 is 0 Å². The summed E-state index contributed by atoms with van der Waals surface area (Å²) in [5.74, 6) is 0. The molecule has 3 heteroatoms. The van der Waals surface area contributed by atoms with Gasteiger partial charge in [0.1, 0.15) is 0 Å². The van der Waals surface area contributed by atoms with Crippen LogP contribution in [0.1, 0.15) is 96.3 Å². The molecule has 0 aliphatic heterocycles. The molecule has 0 aromatic heterocycles. The molecule has 0 saturated heterocycles. The van der Waals surface area contributed by atoms with Gasteiger partial charge in [-0.05, 0) is 38.9 Å². The predicted octanol–water partition coefficient (Wildman–Crippen LogP) is 4.38. The minimum Gasteiger partial charge on any atom is -0.396 e. The molecule has 0 heterocycles. The lowest BCUT2D eigenvalue weighted by Crippen LogP contribution is -2.17. The Balaban J connectivity index is 2.91. The SMILES string of the molecule is NCCCCCCCCCCCCCCCCNCCCO. The van der Waals surface area contributed by atoms with Crippen molar-refractivity contribution >= 4 is 0 Å². The first-order valence-corrected chi connectivity index (χ1v) is 9.93. The van der Waals surface area contributed by atoms with Crippen LogP contribution in [0, 0.1) is 0 Å². The zero-order valence-corrected chi connectivity index (χ0v) is 15.0. The van der Waals surface area contributed by atoms with Crippen LogP contribution in [0.5, 0.6) is 0 Å². The van der Waals surface area contributed by atoms with Crippen molar-refractivity contribution in [2.45, 2.75) is 96.3 Å². The summed E-state index contributed by atoms with van der Waals surface area (Å²) in [6.07, 6.45) is 20.2. The average molecular weight is 315 g/mol. The number of nitrogens with two attached hydrogens (primary N) is 1. The van der Waals surface area contributed by atoms with Crippen LogP contribution in [0.4, 0.5) is 0 Å². The third kappa shape index (κ3) is 19.9. The molecule has 0 aliphatic rings. The van der Waals surface area contributed by atoms with E-state index in [1.165, 1.54) is 89.9 Å². The Bertz CT molecular complexity index is 168. The summed E-state index contributed by atoms with van der Waals surface area (Å²) in [6, 6.07) is 0. The fourth-order valence-electron chi connectivity index (χ4n) is 2.84. The largest absolute Gasteiger partial charge is 0.396 e. The van der Waals surface area contributed by atoms with Crippen molar-refractivity contribution in [3.63, 3.8) is 0 Å². The van der Waals surface area contributed by atoms with Crippen molar-refractivity contribution in [3.05, 3.63) is 0 Å². The second kappa shape index (κ2) is 20.9. The molecule has 0 fully saturated rings. The normalized spacial score (nSPS) is 11.2. The molecule has 0 radical (unpaired) electrons. The van der Waals surface area contributed by atoms with Gasteiger partial charge in [-0.3, -0.25) is 0 Å². The number of rotatable bonds is 19. The summed E-state index contributed by atoms with van der Waals surface area (Å²) in [5.41, 5.74) is 5.49. The molecule has 0 unspecified atom stereocenters. The fourth-order valence-corrected chi connectivity index (χ4v) is 2.84. The molecule has 3 nitrogen and oxygen atoms in total. The van der Waals surface area contributed by atoms with Crippen LogP contribution in [0.2, 0.25) is 0 Å². The van der Waals surface area contributed by atoms with Gasteiger partial charge in [0.2, 0.25) is 0 Å². The maximum Gasteiger partial charge on any atom is 0.0443 e. The fraction of sp³-hybridized carbons (Fsp3) is 1.00. The number of nitrogens with one attached hydrogen (secondary N) is 1. The van der Waals surface area contributed by atoms with Gasteiger partial charge in [0.25, 0.3) is 0 Å². The van der Waals surface area contributed by atoms with Crippen LogP contribution in [0.3, 0.4) is 0 Å². The number of hydrogen-bond acceptors (Lipinski definition) is 3. The lowest BCUT2D eigenvalue weighted by molar-refractivity contribution is 0.286. The van der Waals surface area contributed by atoms with E-state index in [4.69, 9.17) is 10.8 Å². The van der Waals surface area contributed by atoms with Crippen LogP contribution < -0.4 is 11.1 Å². The molecule has 0 spiro atoms. The van der Waals surface area contributed by atoms with E-state index in [2.05, 4.69) is 5.32 Å². The highest BCUT2D eigenvalue weighted by molar-refractivity contribution is 4.51. The van der Waals surface area contributed by atoms with Crippen LogP contribution in [0.15, 0.2) is 0 Å². The molecule has 0 atom stereocenters. The Kier molecular flexibility index (Phi) is 20.8.